The van der Waals surface area contributed by atoms with E-state index in [0.29, 0.717) is 17.5 Å². The molecule has 0 aliphatic carbocycles. The molecule has 3 N–H and O–H groups in total. The number of hydrazine groups is 1. The summed E-state index contributed by atoms with van der Waals surface area (Å²) in [6.07, 6.45) is 1.87. The van der Waals surface area contributed by atoms with Gasteiger partial charge in [-0.15, -0.1) is 0 Å². The highest BCUT2D eigenvalue weighted by molar-refractivity contribution is 5.91. The summed E-state index contributed by atoms with van der Waals surface area (Å²) >= 11 is 0. The number of carbonyl (C=O) groups is 2. The molecule has 1 aliphatic heterocycles. The summed E-state index contributed by atoms with van der Waals surface area (Å²) < 4.78 is 4.63. The lowest BCUT2D eigenvalue weighted by Gasteiger charge is -2.09. The van der Waals surface area contributed by atoms with Gasteiger partial charge in [0.1, 0.15) is 6.04 Å². The second-order valence-electron chi connectivity index (χ2n) is 6.33. The van der Waals surface area contributed by atoms with Gasteiger partial charge < -0.3 is 4.74 Å². The number of hydrazone groups is 1. The number of methoxy groups -OCH3 is 1. The molecule has 0 bridgehead atoms. The summed E-state index contributed by atoms with van der Waals surface area (Å²) in [4.78, 5) is 34.1. The number of ether oxygens (including phenoxy) is 1. The number of rotatable bonds is 6. The summed E-state index contributed by atoms with van der Waals surface area (Å²) in [6, 6.07) is 12.0. The largest absolute Gasteiger partial charge is 0.465 e. The first-order chi connectivity index (χ1) is 14.0. The molecule has 2 aromatic rings. The molecule has 0 radical (unpaired) electrons. The van der Waals surface area contributed by atoms with Crippen molar-refractivity contribution in [3.8, 4) is 0 Å². The molecule has 0 saturated carbocycles. The van der Waals surface area contributed by atoms with Gasteiger partial charge in [0.15, 0.2) is 0 Å². The van der Waals surface area contributed by atoms with Crippen LogP contribution in [0.5, 0.6) is 0 Å². The van der Waals surface area contributed by atoms with Gasteiger partial charge in [0.05, 0.1) is 23.8 Å². The van der Waals surface area contributed by atoms with Crippen LogP contribution in [0, 0.1) is 10.1 Å². The van der Waals surface area contributed by atoms with Gasteiger partial charge in [-0.1, -0.05) is 24.3 Å². The number of benzene rings is 2. The molecule has 1 saturated heterocycles. The first-order valence-corrected chi connectivity index (χ1v) is 8.74. The maximum atomic E-state index is 12.3. The Kier molecular flexibility index (Phi) is 6.27. The Bertz CT molecular complexity index is 944. The zero-order chi connectivity index (χ0) is 20.8. The monoisotopic (exact) mass is 397 g/mol. The van der Waals surface area contributed by atoms with Crippen LogP contribution in [0.4, 0.5) is 5.69 Å². The zero-order valence-corrected chi connectivity index (χ0v) is 15.5. The van der Waals surface area contributed by atoms with Gasteiger partial charge in [-0.25, -0.2) is 21.1 Å². The maximum absolute atomic E-state index is 12.3. The molecule has 1 heterocycles. The van der Waals surface area contributed by atoms with Crippen LogP contribution in [0.1, 0.15) is 33.9 Å². The molecule has 0 aromatic heterocycles. The van der Waals surface area contributed by atoms with Crippen LogP contribution in [-0.2, 0) is 9.53 Å². The van der Waals surface area contributed by atoms with E-state index in [1.54, 1.807) is 36.4 Å². The molecule has 150 valence electrons. The molecule has 1 fully saturated rings. The third-order valence-electron chi connectivity index (χ3n) is 4.42. The third-order valence-corrected chi connectivity index (χ3v) is 4.42. The van der Waals surface area contributed by atoms with Crippen LogP contribution >= 0.6 is 0 Å². The number of carbonyl (C=O) groups excluding carboxylic acids is 2. The summed E-state index contributed by atoms with van der Waals surface area (Å²) in [7, 11) is 1.31. The fourth-order valence-electron chi connectivity index (χ4n) is 2.87. The fourth-order valence-corrected chi connectivity index (χ4v) is 2.87. The lowest BCUT2D eigenvalue weighted by atomic mass is 10.0. The average molecular weight is 397 g/mol. The normalized spacial score (nSPS) is 18.5. The fraction of sp³-hybridized carbons (Fsp3) is 0.211. The first kappa shape index (κ1) is 20.1. The molecule has 2 unspecified atom stereocenters. The molecule has 1 amide bonds. The minimum absolute atomic E-state index is 0.0000179. The molecule has 10 nitrogen and oxygen atoms in total. The number of nitro benzene ring substituents is 1. The Morgan fingerprint density at radius 3 is 2.69 bits per heavy atom. The number of nitrogens with one attached hydrogen (secondary N) is 3. The van der Waals surface area contributed by atoms with E-state index in [2.05, 4.69) is 26.1 Å². The summed E-state index contributed by atoms with van der Waals surface area (Å²) in [5, 5.41) is 14.8. The number of non-ortho nitro benzene ring substituents is 1. The standard InChI is InChI=1S/C19H19N5O5/c1-29-19(26)13-7-5-12(6-8-13)11-20-23-18(25)17-10-16(21-22-17)14-3-2-4-15(9-14)24(27)28/h2-9,11,16-17,21-22H,10H2,1H3,(H,23,25)/b20-11+. The molecular formula is C19H19N5O5. The van der Waals surface area contributed by atoms with Crippen molar-refractivity contribution in [3.63, 3.8) is 0 Å². The lowest BCUT2D eigenvalue weighted by molar-refractivity contribution is -0.384. The van der Waals surface area contributed by atoms with E-state index in [4.69, 9.17) is 0 Å². The van der Waals surface area contributed by atoms with E-state index in [1.165, 1.54) is 25.5 Å². The van der Waals surface area contributed by atoms with Crippen LogP contribution in [0.3, 0.4) is 0 Å². The third kappa shape index (κ3) is 5.00. The van der Waals surface area contributed by atoms with Crippen molar-refractivity contribution in [3.05, 3.63) is 75.3 Å². The first-order valence-electron chi connectivity index (χ1n) is 8.74. The van der Waals surface area contributed by atoms with Gasteiger partial charge in [-0.2, -0.15) is 5.10 Å². The Morgan fingerprint density at radius 1 is 1.24 bits per heavy atom. The van der Waals surface area contributed by atoms with Crippen molar-refractivity contribution in [1.82, 2.24) is 16.3 Å². The van der Waals surface area contributed by atoms with E-state index in [0.717, 1.165) is 5.56 Å². The highest BCUT2D eigenvalue weighted by atomic mass is 16.6. The molecule has 29 heavy (non-hydrogen) atoms. The maximum Gasteiger partial charge on any atom is 0.337 e. The summed E-state index contributed by atoms with van der Waals surface area (Å²) in [5.74, 6) is -0.771. The van der Waals surface area contributed by atoms with Crippen molar-refractivity contribution in [2.45, 2.75) is 18.5 Å². The summed E-state index contributed by atoms with van der Waals surface area (Å²) in [6.45, 7) is 0. The topological polar surface area (TPSA) is 135 Å². The SMILES string of the molecule is COC(=O)c1ccc(/C=N/NC(=O)C2CC(c3cccc([N+](=O)[O-])c3)NN2)cc1. The van der Waals surface area contributed by atoms with E-state index in [1.807, 2.05) is 0 Å². The van der Waals surface area contributed by atoms with Crippen LogP contribution in [0.2, 0.25) is 0 Å². The Hall–Kier alpha value is -3.63. The number of hydrogen-bond acceptors (Lipinski definition) is 8. The molecule has 0 spiro atoms. The Morgan fingerprint density at radius 2 is 2.00 bits per heavy atom. The highest BCUT2D eigenvalue weighted by Crippen LogP contribution is 2.25. The Balaban J connectivity index is 1.54. The van der Waals surface area contributed by atoms with Crippen molar-refractivity contribution >= 4 is 23.8 Å². The lowest BCUT2D eigenvalue weighted by Crippen LogP contribution is -2.41. The number of nitro groups is 1. The average Bonchev–Trinajstić information content (AvgIpc) is 3.24. The second kappa shape index (κ2) is 9.04. The van der Waals surface area contributed by atoms with Crippen molar-refractivity contribution < 1.29 is 19.2 Å². The van der Waals surface area contributed by atoms with Crippen LogP contribution in [0.25, 0.3) is 0 Å². The quantitative estimate of drug-likeness (QED) is 0.290. The molecule has 1 aliphatic rings. The minimum atomic E-state index is -0.543. The van der Waals surface area contributed by atoms with E-state index >= 15 is 0 Å². The zero-order valence-electron chi connectivity index (χ0n) is 15.5. The van der Waals surface area contributed by atoms with Crippen molar-refractivity contribution in [2.75, 3.05) is 7.11 Å². The Labute approximate surface area is 166 Å². The van der Waals surface area contributed by atoms with Crippen molar-refractivity contribution in [2.24, 2.45) is 5.10 Å². The van der Waals surface area contributed by atoms with E-state index in [9.17, 15) is 19.7 Å². The van der Waals surface area contributed by atoms with Crippen LogP contribution < -0.4 is 16.3 Å². The molecule has 2 aromatic carbocycles. The van der Waals surface area contributed by atoms with Gasteiger partial charge in [-0.05, 0) is 29.7 Å². The number of esters is 1. The van der Waals surface area contributed by atoms with Gasteiger partial charge in [0.25, 0.3) is 11.6 Å². The van der Waals surface area contributed by atoms with E-state index in [-0.39, 0.29) is 17.6 Å². The van der Waals surface area contributed by atoms with Gasteiger partial charge >= 0.3 is 5.97 Å². The van der Waals surface area contributed by atoms with E-state index < -0.39 is 16.9 Å². The predicted octanol–water partition coefficient (Wildman–Crippen LogP) is 1.44. The van der Waals surface area contributed by atoms with Crippen molar-refractivity contribution in [1.29, 1.82) is 0 Å². The van der Waals surface area contributed by atoms with Crippen LogP contribution in [0.15, 0.2) is 53.6 Å². The molecule has 2 atom stereocenters. The van der Waals surface area contributed by atoms with Gasteiger partial charge in [0, 0.05) is 18.2 Å². The number of hydrogen-bond donors (Lipinski definition) is 3. The van der Waals surface area contributed by atoms with Crippen LogP contribution in [-0.4, -0.2) is 36.2 Å². The highest BCUT2D eigenvalue weighted by Gasteiger charge is 2.30. The molecule has 3 rings (SSSR count). The molecular weight excluding hydrogens is 378 g/mol. The second-order valence-corrected chi connectivity index (χ2v) is 6.33. The summed E-state index contributed by atoms with van der Waals surface area (Å²) in [5.41, 5.74) is 10.1. The minimum Gasteiger partial charge on any atom is -0.465 e. The predicted molar refractivity (Wildman–Crippen MR) is 104 cm³/mol. The number of amides is 1. The smallest absolute Gasteiger partial charge is 0.337 e. The number of nitrogens with zero attached hydrogens (tertiary/aromatic N) is 2. The van der Waals surface area contributed by atoms with Gasteiger partial charge in [0.2, 0.25) is 0 Å². The van der Waals surface area contributed by atoms with Gasteiger partial charge in [-0.3, -0.25) is 14.9 Å². The molecule has 10 heteroatoms.